The Morgan fingerprint density at radius 2 is 2.19 bits per heavy atom. The normalized spacial score (nSPS) is 11.7. The standard InChI is InChI=1S/C15H15F2N3S/c1-3-6-20-15-13(9(2)19-20)10(14(16)17)8-11(18-15)12-5-4-7-21-12/h4-5,7-8,14H,3,6H2,1-2H3. The monoisotopic (exact) mass is 307 g/mol. The van der Waals surface area contributed by atoms with Gasteiger partial charge >= 0.3 is 0 Å². The van der Waals surface area contributed by atoms with Crippen LogP contribution in [0.1, 0.15) is 31.0 Å². The molecule has 0 fully saturated rings. The van der Waals surface area contributed by atoms with Gasteiger partial charge in [-0.05, 0) is 30.9 Å². The molecule has 0 spiro atoms. The molecule has 3 aromatic heterocycles. The maximum Gasteiger partial charge on any atom is 0.264 e. The zero-order valence-electron chi connectivity index (χ0n) is 11.8. The van der Waals surface area contributed by atoms with Crippen LogP contribution < -0.4 is 0 Å². The van der Waals surface area contributed by atoms with Crippen molar-refractivity contribution in [2.45, 2.75) is 33.2 Å². The molecular formula is C15H15F2N3S. The number of fused-ring (bicyclic) bond motifs is 1. The van der Waals surface area contributed by atoms with Crippen molar-refractivity contribution in [2.24, 2.45) is 0 Å². The van der Waals surface area contributed by atoms with Crippen molar-refractivity contribution < 1.29 is 8.78 Å². The zero-order chi connectivity index (χ0) is 15.0. The number of alkyl halides is 2. The molecule has 3 nitrogen and oxygen atoms in total. The molecule has 21 heavy (non-hydrogen) atoms. The molecule has 0 saturated carbocycles. The molecule has 0 unspecified atom stereocenters. The van der Waals surface area contributed by atoms with Crippen molar-refractivity contribution >= 4 is 22.4 Å². The first-order chi connectivity index (χ1) is 10.1. The highest BCUT2D eigenvalue weighted by Crippen LogP contribution is 2.34. The van der Waals surface area contributed by atoms with E-state index in [0.717, 1.165) is 11.3 Å². The summed E-state index contributed by atoms with van der Waals surface area (Å²) in [7, 11) is 0. The highest BCUT2D eigenvalue weighted by Gasteiger charge is 2.20. The van der Waals surface area contributed by atoms with Crippen molar-refractivity contribution in [3.05, 3.63) is 34.8 Å². The first-order valence-corrected chi connectivity index (χ1v) is 7.70. The van der Waals surface area contributed by atoms with E-state index < -0.39 is 6.43 Å². The number of halogens is 2. The van der Waals surface area contributed by atoms with Crippen LogP contribution in [0.15, 0.2) is 23.6 Å². The van der Waals surface area contributed by atoms with Gasteiger partial charge in [-0.25, -0.2) is 18.4 Å². The van der Waals surface area contributed by atoms with E-state index in [-0.39, 0.29) is 5.56 Å². The van der Waals surface area contributed by atoms with E-state index >= 15 is 0 Å². The molecule has 0 aliphatic heterocycles. The molecular weight excluding hydrogens is 292 g/mol. The molecule has 0 atom stereocenters. The van der Waals surface area contributed by atoms with Crippen LogP contribution in [-0.2, 0) is 6.54 Å². The van der Waals surface area contributed by atoms with Crippen LogP contribution in [-0.4, -0.2) is 14.8 Å². The average molecular weight is 307 g/mol. The van der Waals surface area contributed by atoms with Crippen LogP contribution in [0.2, 0.25) is 0 Å². The largest absolute Gasteiger partial charge is 0.264 e. The Hall–Kier alpha value is -1.82. The quantitative estimate of drug-likeness (QED) is 0.692. The molecule has 0 aliphatic rings. The summed E-state index contributed by atoms with van der Waals surface area (Å²) in [6.45, 7) is 4.46. The second-order valence-electron chi connectivity index (χ2n) is 4.88. The topological polar surface area (TPSA) is 30.7 Å². The van der Waals surface area contributed by atoms with E-state index in [0.29, 0.717) is 29.0 Å². The molecule has 0 saturated heterocycles. The Balaban J connectivity index is 2.31. The molecule has 110 valence electrons. The van der Waals surface area contributed by atoms with Gasteiger partial charge in [0.15, 0.2) is 5.65 Å². The summed E-state index contributed by atoms with van der Waals surface area (Å²) in [6.07, 6.45) is -1.65. The second kappa shape index (κ2) is 5.52. The summed E-state index contributed by atoms with van der Waals surface area (Å²) in [4.78, 5) is 5.47. The minimum Gasteiger partial charge on any atom is -0.247 e. The number of thiophene rings is 1. The van der Waals surface area contributed by atoms with Gasteiger partial charge in [-0.2, -0.15) is 5.10 Å². The van der Waals surface area contributed by atoms with Gasteiger partial charge in [0.2, 0.25) is 0 Å². The van der Waals surface area contributed by atoms with Crippen LogP contribution in [0.5, 0.6) is 0 Å². The number of aryl methyl sites for hydroxylation is 2. The van der Waals surface area contributed by atoms with Gasteiger partial charge < -0.3 is 0 Å². The van der Waals surface area contributed by atoms with E-state index in [1.807, 2.05) is 24.4 Å². The van der Waals surface area contributed by atoms with Crippen LogP contribution in [0, 0.1) is 6.92 Å². The van der Waals surface area contributed by atoms with Gasteiger partial charge in [0.05, 0.1) is 21.7 Å². The van der Waals surface area contributed by atoms with E-state index in [9.17, 15) is 8.78 Å². The first kappa shape index (κ1) is 14.1. The smallest absolute Gasteiger partial charge is 0.247 e. The molecule has 0 aromatic carbocycles. The van der Waals surface area contributed by atoms with E-state index in [1.54, 1.807) is 11.6 Å². The van der Waals surface area contributed by atoms with Crippen LogP contribution in [0.3, 0.4) is 0 Å². The third kappa shape index (κ3) is 2.44. The van der Waals surface area contributed by atoms with Gasteiger partial charge in [-0.3, -0.25) is 0 Å². The number of nitrogens with zero attached hydrogens (tertiary/aromatic N) is 3. The van der Waals surface area contributed by atoms with E-state index in [1.165, 1.54) is 17.4 Å². The molecule has 0 N–H and O–H groups in total. The zero-order valence-corrected chi connectivity index (χ0v) is 12.6. The number of pyridine rings is 1. The number of hydrogen-bond acceptors (Lipinski definition) is 3. The summed E-state index contributed by atoms with van der Waals surface area (Å²) < 4.78 is 28.6. The van der Waals surface area contributed by atoms with Crippen molar-refractivity contribution in [1.82, 2.24) is 14.8 Å². The number of hydrogen-bond donors (Lipinski definition) is 0. The van der Waals surface area contributed by atoms with Gasteiger partial charge in [-0.1, -0.05) is 13.0 Å². The van der Waals surface area contributed by atoms with Crippen molar-refractivity contribution in [3.63, 3.8) is 0 Å². The Bertz CT molecular complexity index is 763. The lowest BCUT2D eigenvalue weighted by molar-refractivity contribution is 0.153. The predicted octanol–water partition coefficient (Wildman–Crippen LogP) is 4.82. The number of aromatic nitrogens is 3. The lowest BCUT2D eigenvalue weighted by Crippen LogP contribution is -2.01. The van der Waals surface area contributed by atoms with Crippen molar-refractivity contribution in [3.8, 4) is 10.6 Å². The summed E-state index contributed by atoms with van der Waals surface area (Å²) in [5.41, 5.74) is 1.77. The Morgan fingerprint density at radius 3 is 2.81 bits per heavy atom. The third-order valence-corrected chi connectivity index (χ3v) is 4.24. The predicted molar refractivity (Wildman–Crippen MR) is 80.8 cm³/mol. The molecule has 3 aromatic rings. The summed E-state index contributed by atoms with van der Waals surface area (Å²) >= 11 is 1.49. The van der Waals surface area contributed by atoms with Crippen LogP contribution in [0.25, 0.3) is 21.6 Å². The van der Waals surface area contributed by atoms with Gasteiger partial charge in [0.25, 0.3) is 6.43 Å². The minimum absolute atomic E-state index is 0.0169. The molecule has 0 bridgehead atoms. The van der Waals surface area contributed by atoms with Gasteiger partial charge in [0.1, 0.15) is 0 Å². The number of rotatable bonds is 4. The fraction of sp³-hybridized carbons (Fsp3) is 0.333. The maximum absolute atomic E-state index is 13.4. The van der Waals surface area contributed by atoms with Crippen molar-refractivity contribution in [2.75, 3.05) is 0 Å². The minimum atomic E-state index is -2.54. The first-order valence-electron chi connectivity index (χ1n) is 6.82. The fourth-order valence-electron chi connectivity index (χ4n) is 2.48. The lowest BCUT2D eigenvalue weighted by atomic mass is 10.1. The van der Waals surface area contributed by atoms with Gasteiger partial charge in [0, 0.05) is 12.1 Å². The molecule has 3 rings (SSSR count). The van der Waals surface area contributed by atoms with Crippen molar-refractivity contribution in [1.29, 1.82) is 0 Å². The van der Waals surface area contributed by atoms with E-state index in [2.05, 4.69) is 10.1 Å². The van der Waals surface area contributed by atoms with E-state index in [4.69, 9.17) is 0 Å². The van der Waals surface area contributed by atoms with Crippen LogP contribution in [0.4, 0.5) is 8.78 Å². The Labute approximate surface area is 125 Å². The molecule has 6 heteroatoms. The lowest BCUT2D eigenvalue weighted by Gasteiger charge is -2.07. The highest BCUT2D eigenvalue weighted by atomic mass is 32.1. The van der Waals surface area contributed by atoms with Crippen LogP contribution >= 0.6 is 11.3 Å². The second-order valence-corrected chi connectivity index (χ2v) is 5.83. The highest BCUT2D eigenvalue weighted by molar-refractivity contribution is 7.13. The molecule has 0 aliphatic carbocycles. The third-order valence-electron chi connectivity index (χ3n) is 3.35. The SMILES string of the molecule is CCCn1nc(C)c2c(C(F)F)cc(-c3cccs3)nc21. The summed E-state index contributed by atoms with van der Waals surface area (Å²) in [5, 5.41) is 6.77. The summed E-state index contributed by atoms with van der Waals surface area (Å²) in [6, 6.07) is 5.27. The summed E-state index contributed by atoms with van der Waals surface area (Å²) in [5.74, 6) is 0. The Kier molecular flexibility index (Phi) is 3.71. The Morgan fingerprint density at radius 1 is 1.38 bits per heavy atom. The maximum atomic E-state index is 13.4. The average Bonchev–Trinajstić information content (AvgIpc) is 3.08. The molecule has 0 amide bonds. The fourth-order valence-corrected chi connectivity index (χ4v) is 3.16. The molecule has 3 heterocycles. The molecule has 0 radical (unpaired) electrons. The van der Waals surface area contributed by atoms with Gasteiger partial charge in [-0.15, -0.1) is 11.3 Å².